The fraction of sp³-hybridized carbons (Fsp3) is 0.643. The first kappa shape index (κ1) is 16.9. The van der Waals surface area contributed by atoms with E-state index in [4.69, 9.17) is 4.74 Å². The molecule has 4 atom stereocenters. The lowest BCUT2D eigenvalue weighted by Gasteiger charge is -2.40. The minimum atomic E-state index is -1.02. The lowest BCUT2D eigenvalue weighted by atomic mass is 9.92. The van der Waals surface area contributed by atoms with E-state index >= 15 is 0 Å². The van der Waals surface area contributed by atoms with E-state index in [1.807, 2.05) is 6.92 Å². The number of carbonyl (C=O) groups excluding carboxylic acids is 2. The molecular formula is C14H19N5O4S. The summed E-state index contributed by atoms with van der Waals surface area (Å²) in [5.74, 6) is -1.04. The molecule has 0 aromatic carbocycles. The second-order valence-corrected chi connectivity index (χ2v) is 7.20. The standard InChI is InChI=1S/C14H19N5O4S/c1-3-5-23-13(22)14(10(4-2)19-8-15-16-17-19)7-18-11(21)9(6-20)12(18)24-14/h3,8-10,12,20H,1,4-7H2,2H3/t9-,10-,12+,14?/m0/s1. The zero-order valence-corrected chi connectivity index (χ0v) is 14.1. The van der Waals surface area contributed by atoms with Crippen molar-refractivity contribution in [2.75, 3.05) is 19.8 Å². The molecular weight excluding hydrogens is 334 g/mol. The molecule has 1 aromatic heterocycles. The number of thioether (sulfide) groups is 1. The average molecular weight is 353 g/mol. The fourth-order valence-electron chi connectivity index (χ4n) is 3.31. The summed E-state index contributed by atoms with van der Waals surface area (Å²) in [6.45, 7) is 5.56. The van der Waals surface area contributed by atoms with Crippen molar-refractivity contribution in [2.45, 2.75) is 29.5 Å². The highest BCUT2D eigenvalue weighted by atomic mass is 32.2. The Bertz CT molecular complexity index is 639. The minimum Gasteiger partial charge on any atom is -0.460 e. The molecule has 0 radical (unpaired) electrons. The highest BCUT2D eigenvalue weighted by Gasteiger charge is 2.64. The van der Waals surface area contributed by atoms with Crippen LogP contribution in [0, 0.1) is 5.92 Å². The lowest BCUT2D eigenvalue weighted by molar-refractivity contribution is -0.154. The van der Waals surface area contributed by atoms with Crippen LogP contribution >= 0.6 is 11.8 Å². The maximum absolute atomic E-state index is 12.9. The smallest absolute Gasteiger partial charge is 0.326 e. The van der Waals surface area contributed by atoms with Crippen LogP contribution in [0.2, 0.25) is 0 Å². The second-order valence-electron chi connectivity index (χ2n) is 5.75. The van der Waals surface area contributed by atoms with E-state index in [2.05, 4.69) is 22.1 Å². The summed E-state index contributed by atoms with van der Waals surface area (Å²) in [6, 6.07) is -0.368. The molecule has 3 heterocycles. The summed E-state index contributed by atoms with van der Waals surface area (Å²) in [4.78, 5) is 26.6. The highest BCUT2D eigenvalue weighted by molar-refractivity contribution is 8.02. The van der Waals surface area contributed by atoms with Crippen LogP contribution in [0.15, 0.2) is 19.0 Å². The Morgan fingerprint density at radius 3 is 3.08 bits per heavy atom. The number of tetrazole rings is 1. The van der Waals surface area contributed by atoms with Crippen molar-refractivity contribution >= 4 is 23.6 Å². The number of rotatable bonds is 7. The maximum atomic E-state index is 12.9. The minimum absolute atomic E-state index is 0.0925. The van der Waals surface area contributed by atoms with Crippen LogP contribution in [0.5, 0.6) is 0 Å². The van der Waals surface area contributed by atoms with Crippen LogP contribution in [0.25, 0.3) is 0 Å². The Morgan fingerprint density at radius 2 is 2.50 bits per heavy atom. The van der Waals surface area contributed by atoms with Crippen molar-refractivity contribution in [3.63, 3.8) is 0 Å². The van der Waals surface area contributed by atoms with Gasteiger partial charge in [0.05, 0.1) is 23.9 Å². The van der Waals surface area contributed by atoms with Crippen molar-refractivity contribution in [3.05, 3.63) is 19.0 Å². The van der Waals surface area contributed by atoms with Crippen molar-refractivity contribution in [1.82, 2.24) is 25.1 Å². The number of aliphatic hydroxyl groups is 1. The van der Waals surface area contributed by atoms with Gasteiger partial charge >= 0.3 is 5.97 Å². The van der Waals surface area contributed by atoms with E-state index in [-0.39, 0.29) is 37.1 Å². The molecule has 130 valence electrons. The molecule has 1 amide bonds. The largest absolute Gasteiger partial charge is 0.460 e. The first-order chi connectivity index (χ1) is 11.6. The molecule has 0 saturated carbocycles. The first-order valence-corrected chi connectivity index (χ1v) is 8.56. The van der Waals surface area contributed by atoms with Crippen molar-refractivity contribution < 1.29 is 19.4 Å². The number of amides is 1. The number of carbonyl (C=O) groups is 2. The molecule has 3 rings (SSSR count). The monoisotopic (exact) mass is 353 g/mol. The van der Waals surface area contributed by atoms with Gasteiger partial charge in [-0.15, -0.1) is 16.9 Å². The van der Waals surface area contributed by atoms with Crippen LogP contribution in [0.3, 0.4) is 0 Å². The zero-order chi connectivity index (χ0) is 17.3. The van der Waals surface area contributed by atoms with E-state index in [1.165, 1.54) is 28.8 Å². The van der Waals surface area contributed by atoms with Gasteiger partial charge in [0.15, 0.2) is 4.75 Å². The van der Waals surface area contributed by atoms with Crippen molar-refractivity contribution in [2.24, 2.45) is 5.92 Å². The van der Waals surface area contributed by atoms with E-state index in [9.17, 15) is 14.7 Å². The number of fused-ring (bicyclic) bond motifs is 1. The van der Waals surface area contributed by atoms with Gasteiger partial charge in [-0.2, -0.15) is 0 Å². The number of esters is 1. The van der Waals surface area contributed by atoms with E-state index in [1.54, 1.807) is 4.90 Å². The normalized spacial score (nSPS) is 29.8. The summed E-state index contributed by atoms with van der Waals surface area (Å²) in [5, 5.41) is 20.4. The number of nitrogens with zero attached hydrogens (tertiary/aromatic N) is 5. The number of hydrogen-bond donors (Lipinski definition) is 1. The van der Waals surface area contributed by atoms with Crippen LogP contribution in [-0.2, 0) is 14.3 Å². The van der Waals surface area contributed by atoms with Gasteiger partial charge in [-0.1, -0.05) is 19.6 Å². The van der Waals surface area contributed by atoms with Gasteiger partial charge in [-0.05, 0) is 16.8 Å². The third-order valence-electron chi connectivity index (χ3n) is 4.47. The summed E-state index contributed by atoms with van der Waals surface area (Å²) in [6.07, 6.45) is 3.54. The van der Waals surface area contributed by atoms with E-state index in [0.29, 0.717) is 6.42 Å². The lowest BCUT2D eigenvalue weighted by Crippen LogP contribution is -2.58. The van der Waals surface area contributed by atoms with Gasteiger partial charge in [-0.3, -0.25) is 9.59 Å². The Morgan fingerprint density at radius 1 is 1.71 bits per heavy atom. The molecule has 0 bridgehead atoms. The number of aliphatic hydroxyl groups excluding tert-OH is 1. The quantitative estimate of drug-likeness (QED) is 0.401. The number of ether oxygens (including phenoxy) is 1. The van der Waals surface area contributed by atoms with Gasteiger partial charge in [0, 0.05) is 6.54 Å². The molecule has 0 aliphatic carbocycles. The zero-order valence-electron chi connectivity index (χ0n) is 13.2. The Kier molecular flexibility index (Phi) is 4.59. The molecule has 9 nitrogen and oxygen atoms in total. The molecule has 24 heavy (non-hydrogen) atoms. The van der Waals surface area contributed by atoms with E-state index in [0.717, 1.165) is 0 Å². The van der Waals surface area contributed by atoms with Crippen LogP contribution in [-0.4, -0.2) is 72.0 Å². The van der Waals surface area contributed by atoms with Crippen molar-refractivity contribution in [3.8, 4) is 0 Å². The van der Waals surface area contributed by atoms with Gasteiger partial charge < -0.3 is 14.7 Å². The molecule has 2 aliphatic rings. The summed E-state index contributed by atoms with van der Waals surface area (Å²) < 4.78 is 5.85. The topological polar surface area (TPSA) is 110 Å². The Hall–Kier alpha value is -1.94. The van der Waals surface area contributed by atoms with Gasteiger partial charge in [0.25, 0.3) is 0 Å². The number of hydrogen-bond acceptors (Lipinski definition) is 8. The number of β-lactam (4-membered cyclic amide) rings is 1. The highest BCUT2D eigenvalue weighted by Crippen LogP contribution is 2.54. The number of aromatic nitrogens is 4. The van der Waals surface area contributed by atoms with Gasteiger partial charge in [-0.25, -0.2) is 4.68 Å². The van der Waals surface area contributed by atoms with Crippen LogP contribution < -0.4 is 0 Å². The summed E-state index contributed by atoms with van der Waals surface area (Å²) in [7, 11) is 0. The molecule has 2 aliphatic heterocycles. The second kappa shape index (κ2) is 6.52. The molecule has 1 unspecified atom stereocenters. The van der Waals surface area contributed by atoms with Crippen LogP contribution in [0.4, 0.5) is 0 Å². The summed E-state index contributed by atoms with van der Waals surface area (Å²) in [5.41, 5.74) is 0. The molecule has 2 fully saturated rings. The van der Waals surface area contributed by atoms with Gasteiger partial charge in [0.1, 0.15) is 12.9 Å². The Balaban J connectivity index is 1.95. The fourth-order valence-corrected chi connectivity index (χ4v) is 5.22. The molecule has 1 N–H and O–H groups in total. The predicted octanol–water partition coefficient (Wildman–Crippen LogP) is -0.384. The van der Waals surface area contributed by atoms with Crippen LogP contribution in [0.1, 0.15) is 19.4 Å². The van der Waals surface area contributed by atoms with E-state index < -0.39 is 16.6 Å². The van der Waals surface area contributed by atoms with Gasteiger partial charge in [0.2, 0.25) is 5.91 Å². The average Bonchev–Trinajstić information content (AvgIpc) is 3.22. The first-order valence-electron chi connectivity index (χ1n) is 7.68. The predicted molar refractivity (Wildman–Crippen MR) is 84.7 cm³/mol. The van der Waals surface area contributed by atoms with Crippen molar-refractivity contribution in [1.29, 1.82) is 0 Å². The molecule has 2 saturated heterocycles. The third kappa shape index (κ3) is 2.40. The summed E-state index contributed by atoms with van der Waals surface area (Å²) >= 11 is 1.35. The molecule has 0 spiro atoms. The molecule has 10 heteroatoms. The Labute approximate surface area is 143 Å². The third-order valence-corrected chi connectivity index (χ3v) is 6.28. The molecule has 1 aromatic rings. The maximum Gasteiger partial charge on any atom is 0.326 e. The SMILES string of the molecule is C=CCOC(=O)C1([C@H](CC)n2cnnn2)CN2C(=O)[C@H](CO)[C@H]2S1.